The van der Waals surface area contributed by atoms with E-state index < -0.39 is 0 Å². The first-order valence-electron chi connectivity index (χ1n) is 7.71. The Morgan fingerprint density at radius 3 is 2.91 bits per heavy atom. The van der Waals surface area contributed by atoms with Crippen molar-refractivity contribution in [1.29, 1.82) is 0 Å². The maximum atomic E-state index is 12.0. The number of rotatable bonds is 8. The van der Waals surface area contributed by atoms with Gasteiger partial charge in [-0.3, -0.25) is 4.79 Å². The normalized spacial score (nSPS) is 14.0. The van der Waals surface area contributed by atoms with Crippen LogP contribution in [-0.4, -0.2) is 30.8 Å². The van der Waals surface area contributed by atoms with Crippen LogP contribution in [-0.2, 0) is 4.74 Å². The van der Waals surface area contributed by atoms with Gasteiger partial charge >= 0.3 is 0 Å². The summed E-state index contributed by atoms with van der Waals surface area (Å²) in [7, 11) is 0. The molecule has 3 rings (SSSR count). The molecule has 22 heavy (non-hydrogen) atoms. The van der Waals surface area contributed by atoms with E-state index in [9.17, 15) is 4.79 Å². The smallest absolute Gasteiger partial charge is 0.273 e. The first-order valence-corrected chi connectivity index (χ1v) is 7.71. The highest BCUT2D eigenvalue weighted by atomic mass is 16.5. The summed E-state index contributed by atoms with van der Waals surface area (Å²) in [5.74, 6) is 1.16. The lowest BCUT2D eigenvalue weighted by molar-refractivity contribution is 0.0929. The summed E-state index contributed by atoms with van der Waals surface area (Å²) < 4.78 is 10.7. The monoisotopic (exact) mass is 300 g/mol. The highest BCUT2D eigenvalue weighted by Gasteiger charge is 2.20. The fraction of sp³-hybridized carbons (Fsp3) is 0.412. The zero-order chi connectivity index (χ0) is 15.2. The number of hydrogen-bond acceptors (Lipinski definition) is 4. The van der Waals surface area contributed by atoms with Gasteiger partial charge in [-0.1, -0.05) is 35.5 Å². The van der Waals surface area contributed by atoms with Crippen molar-refractivity contribution in [2.24, 2.45) is 5.92 Å². The average molecular weight is 300 g/mol. The van der Waals surface area contributed by atoms with Crippen molar-refractivity contribution in [3.8, 4) is 11.3 Å². The Morgan fingerprint density at radius 1 is 1.32 bits per heavy atom. The van der Waals surface area contributed by atoms with E-state index >= 15 is 0 Å². The number of ether oxygens (including phenoxy) is 1. The summed E-state index contributed by atoms with van der Waals surface area (Å²) >= 11 is 0. The minimum Gasteiger partial charge on any atom is -0.381 e. The molecule has 1 aliphatic rings. The van der Waals surface area contributed by atoms with Crippen LogP contribution >= 0.6 is 0 Å². The summed E-state index contributed by atoms with van der Waals surface area (Å²) in [6.07, 6.45) is 3.40. The zero-order valence-electron chi connectivity index (χ0n) is 12.5. The van der Waals surface area contributed by atoms with Crippen LogP contribution < -0.4 is 5.32 Å². The van der Waals surface area contributed by atoms with Crippen molar-refractivity contribution < 1.29 is 14.1 Å². The minimum atomic E-state index is -0.215. The van der Waals surface area contributed by atoms with Crippen molar-refractivity contribution in [2.75, 3.05) is 19.8 Å². The molecule has 0 spiro atoms. The number of carbonyl (C=O) groups excluding carboxylic acids is 1. The molecule has 5 heteroatoms. The van der Waals surface area contributed by atoms with E-state index in [0.717, 1.165) is 24.5 Å². The van der Waals surface area contributed by atoms with Gasteiger partial charge in [0, 0.05) is 31.4 Å². The molecule has 0 unspecified atom stereocenters. The highest BCUT2D eigenvalue weighted by Crippen LogP contribution is 2.28. The molecule has 1 N–H and O–H groups in total. The molecule has 1 aliphatic carbocycles. The van der Waals surface area contributed by atoms with E-state index in [0.29, 0.717) is 24.6 Å². The molecule has 1 saturated carbocycles. The quantitative estimate of drug-likeness (QED) is 0.761. The maximum Gasteiger partial charge on any atom is 0.273 e. The molecular weight excluding hydrogens is 280 g/mol. The lowest BCUT2D eigenvalue weighted by Crippen LogP contribution is -2.25. The zero-order valence-corrected chi connectivity index (χ0v) is 12.5. The Morgan fingerprint density at radius 2 is 2.14 bits per heavy atom. The fourth-order valence-electron chi connectivity index (χ4n) is 2.12. The third kappa shape index (κ3) is 4.18. The fourth-order valence-corrected chi connectivity index (χ4v) is 2.12. The molecule has 2 aromatic rings. The second-order valence-corrected chi connectivity index (χ2v) is 5.57. The van der Waals surface area contributed by atoms with E-state index in [1.807, 2.05) is 30.3 Å². The number of hydrogen-bond donors (Lipinski definition) is 1. The van der Waals surface area contributed by atoms with Gasteiger partial charge in [-0.15, -0.1) is 0 Å². The standard InChI is InChI=1S/C17H20N2O3/c20-17(18-9-4-10-21-12-13-7-8-13)15-11-16(22-19-15)14-5-2-1-3-6-14/h1-3,5-6,11,13H,4,7-10,12H2,(H,18,20). The van der Waals surface area contributed by atoms with Crippen LogP contribution in [0.25, 0.3) is 11.3 Å². The van der Waals surface area contributed by atoms with Crippen molar-refractivity contribution in [3.63, 3.8) is 0 Å². The number of nitrogens with zero attached hydrogens (tertiary/aromatic N) is 1. The summed E-state index contributed by atoms with van der Waals surface area (Å²) in [6, 6.07) is 11.3. The first-order chi connectivity index (χ1) is 10.8. The molecule has 0 saturated heterocycles. The molecule has 1 aromatic heterocycles. The van der Waals surface area contributed by atoms with Crippen molar-refractivity contribution in [1.82, 2.24) is 10.5 Å². The topological polar surface area (TPSA) is 64.4 Å². The molecule has 1 aromatic carbocycles. The SMILES string of the molecule is O=C(NCCCOCC1CC1)c1cc(-c2ccccc2)on1. The molecule has 5 nitrogen and oxygen atoms in total. The second-order valence-electron chi connectivity index (χ2n) is 5.57. The lowest BCUT2D eigenvalue weighted by atomic mass is 10.1. The van der Waals surface area contributed by atoms with Gasteiger partial charge in [-0.05, 0) is 25.2 Å². The van der Waals surface area contributed by atoms with Gasteiger partial charge in [0.25, 0.3) is 5.91 Å². The molecule has 1 amide bonds. The van der Waals surface area contributed by atoms with E-state index in [1.165, 1.54) is 12.8 Å². The van der Waals surface area contributed by atoms with E-state index in [2.05, 4.69) is 10.5 Å². The predicted molar refractivity (Wildman–Crippen MR) is 82.4 cm³/mol. The molecule has 0 radical (unpaired) electrons. The van der Waals surface area contributed by atoms with Gasteiger partial charge in [0.1, 0.15) is 0 Å². The van der Waals surface area contributed by atoms with Crippen LogP contribution in [0.1, 0.15) is 29.8 Å². The van der Waals surface area contributed by atoms with Crippen LogP contribution in [0, 0.1) is 5.92 Å². The van der Waals surface area contributed by atoms with Crippen LogP contribution in [0.4, 0.5) is 0 Å². The summed E-state index contributed by atoms with van der Waals surface area (Å²) in [4.78, 5) is 12.0. The largest absolute Gasteiger partial charge is 0.381 e. The van der Waals surface area contributed by atoms with Crippen molar-refractivity contribution in [3.05, 3.63) is 42.1 Å². The Labute approximate surface area is 129 Å². The summed E-state index contributed by atoms with van der Waals surface area (Å²) in [5, 5.41) is 6.65. The molecule has 0 atom stereocenters. The highest BCUT2D eigenvalue weighted by molar-refractivity contribution is 5.93. The maximum absolute atomic E-state index is 12.0. The molecule has 116 valence electrons. The Bertz CT molecular complexity index is 605. The van der Waals surface area contributed by atoms with Gasteiger partial charge in [0.15, 0.2) is 11.5 Å². The number of aromatic nitrogens is 1. The van der Waals surface area contributed by atoms with Crippen molar-refractivity contribution in [2.45, 2.75) is 19.3 Å². The minimum absolute atomic E-state index is 0.215. The van der Waals surface area contributed by atoms with Crippen LogP contribution in [0.15, 0.2) is 40.9 Å². The molecule has 1 heterocycles. The number of amides is 1. The van der Waals surface area contributed by atoms with E-state index in [1.54, 1.807) is 6.07 Å². The lowest BCUT2D eigenvalue weighted by Gasteiger charge is -2.04. The third-order valence-electron chi connectivity index (χ3n) is 3.60. The molecule has 1 fully saturated rings. The van der Waals surface area contributed by atoms with E-state index in [4.69, 9.17) is 9.26 Å². The first kappa shape index (κ1) is 14.8. The van der Waals surface area contributed by atoms with Crippen LogP contribution in [0.3, 0.4) is 0 Å². The Kier molecular flexibility index (Phi) is 4.85. The Hall–Kier alpha value is -2.14. The number of nitrogens with one attached hydrogen (secondary N) is 1. The average Bonchev–Trinajstić information content (AvgIpc) is 3.24. The number of benzene rings is 1. The molecular formula is C17H20N2O3. The molecule has 0 aliphatic heterocycles. The number of carbonyl (C=O) groups is 1. The van der Waals surface area contributed by atoms with Gasteiger partial charge < -0.3 is 14.6 Å². The second kappa shape index (κ2) is 7.22. The van der Waals surface area contributed by atoms with Crippen molar-refractivity contribution >= 4 is 5.91 Å². The van der Waals surface area contributed by atoms with E-state index in [-0.39, 0.29) is 5.91 Å². The van der Waals surface area contributed by atoms with Gasteiger partial charge in [-0.2, -0.15) is 0 Å². The van der Waals surface area contributed by atoms with Gasteiger partial charge in [0.2, 0.25) is 0 Å². The van der Waals surface area contributed by atoms with Crippen LogP contribution in [0.5, 0.6) is 0 Å². The van der Waals surface area contributed by atoms with Crippen LogP contribution in [0.2, 0.25) is 0 Å². The summed E-state index contributed by atoms with van der Waals surface area (Å²) in [5.41, 5.74) is 1.21. The third-order valence-corrected chi connectivity index (χ3v) is 3.60. The molecule has 0 bridgehead atoms. The Balaban J connectivity index is 1.41. The summed E-state index contributed by atoms with van der Waals surface area (Å²) in [6.45, 7) is 2.12. The van der Waals surface area contributed by atoms with Gasteiger partial charge in [0.05, 0.1) is 0 Å². The van der Waals surface area contributed by atoms with Gasteiger partial charge in [-0.25, -0.2) is 0 Å². The predicted octanol–water partition coefficient (Wildman–Crippen LogP) is 2.89.